The van der Waals surface area contributed by atoms with Gasteiger partial charge < -0.3 is 20.4 Å². The Morgan fingerprint density at radius 2 is 1.76 bits per heavy atom. The number of carbonyl (C=O) groups is 2. The summed E-state index contributed by atoms with van der Waals surface area (Å²) < 4.78 is 0. The van der Waals surface area contributed by atoms with Crippen molar-refractivity contribution in [1.29, 1.82) is 0 Å². The molecule has 1 saturated carbocycles. The average molecular weight is 348 g/mol. The highest BCUT2D eigenvalue weighted by Crippen LogP contribution is 2.45. The van der Waals surface area contributed by atoms with E-state index in [1.807, 2.05) is 9.80 Å². The largest absolute Gasteiger partial charge is 0.341 e. The Kier molecular flexibility index (Phi) is 5.00. The lowest BCUT2D eigenvalue weighted by atomic mass is 9.67. The summed E-state index contributed by atoms with van der Waals surface area (Å²) in [6.45, 7) is 6.67. The number of fused-ring (bicyclic) bond motifs is 1. The molecule has 4 aliphatic rings. The van der Waals surface area contributed by atoms with Crippen molar-refractivity contribution >= 4 is 11.8 Å². The van der Waals surface area contributed by atoms with Crippen molar-refractivity contribution in [3.05, 3.63) is 0 Å². The number of likely N-dealkylation sites (tertiary alicyclic amines) is 1. The molecule has 6 nitrogen and oxygen atoms in total. The molecule has 3 saturated heterocycles. The molecule has 3 atom stereocenters. The number of amides is 2. The number of rotatable bonds is 2. The summed E-state index contributed by atoms with van der Waals surface area (Å²) in [5.74, 6) is 1.10. The van der Waals surface area contributed by atoms with Crippen molar-refractivity contribution in [3.63, 3.8) is 0 Å². The van der Waals surface area contributed by atoms with Crippen molar-refractivity contribution < 1.29 is 9.59 Å². The number of hydrogen-bond donors (Lipinski definition) is 2. The van der Waals surface area contributed by atoms with Gasteiger partial charge in [0, 0.05) is 45.8 Å². The van der Waals surface area contributed by atoms with E-state index >= 15 is 0 Å². The highest BCUT2D eigenvalue weighted by molar-refractivity contribution is 5.85. The molecule has 6 heteroatoms. The Morgan fingerprint density at radius 1 is 0.920 bits per heavy atom. The van der Waals surface area contributed by atoms with Gasteiger partial charge in [0.1, 0.15) is 0 Å². The lowest BCUT2D eigenvalue weighted by Gasteiger charge is -2.43. The highest BCUT2D eigenvalue weighted by atomic mass is 16.2. The van der Waals surface area contributed by atoms with Gasteiger partial charge in [-0.1, -0.05) is 12.8 Å². The van der Waals surface area contributed by atoms with Crippen LogP contribution in [0.4, 0.5) is 0 Å². The van der Waals surface area contributed by atoms with Crippen molar-refractivity contribution in [2.45, 2.75) is 38.5 Å². The minimum absolute atomic E-state index is 0.00334. The molecule has 3 heterocycles. The van der Waals surface area contributed by atoms with E-state index in [1.54, 1.807) is 0 Å². The summed E-state index contributed by atoms with van der Waals surface area (Å²) in [6.07, 6.45) is 6.52. The van der Waals surface area contributed by atoms with Crippen LogP contribution in [-0.4, -0.2) is 74.0 Å². The van der Waals surface area contributed by atoms with Crippen LogP contribution < -0.4 is 10.6 Å². The maximum Gasteiger partial charge on any atom is 0.230 e. The Hall–Kier alpha value is -1.14. The molecular formula is C19H32N4O2. The zero-order valence-electron chi connectivity index (χ0n) is 15.3. The SMILES string of the molecule is O=C(C1CCCN(C(=O)[C@@]23CCCC[C@H]2CNC3)C1)N1CCNCC1. The summed E-state index contributed by atoms with van der Waals surface area (Å²) >= 11 is 0. The number of nitrogens with zero attached hydrogens (tertiary/aromatic N) is 2. The van der Waals surface area contributed by atoms with Gasteiger partial charge in [0.2, 0.25) is 11.8 Å². The Bertz CT molecular complexity index is 520. The molecule has 0 aromatic rings. The van der Waals surface area contributed by atoms with Gasteiger partial charge in [-0.2, -0.15) is 0 Å². The minimum atomic E-state index is -0.182. The van der Waals surface area contributed by atoms with Gasteiger partial charge in [-0.05, 0) is 38.1 Å². The van der Waals surface area contributed by atoms with Crippen molar-refractivity contribution in [2.24, 2.45) is 17.3 Å². The van der Waals surface area contributed by atoms with Crippen LogP contribution in [0.2, 0.25) is 0 Å². The molecule has 3 aliphatic heterocycles. The van der Waals surface area contributed by atoms with Crippen LogP contribution in [-0.2, 0) is 9.59 Å². The lowest BCUT2D eigenvalue weighted by molar-refractivity contribution is -0.150. The van der Waals surface area contributed by atoms with E-state index in [1.165, 1.54) is 19.3 Å². The van der Waals surface area contributed by atoms with Crippen molar-refractivity contribution in [1.82, 2.24) is 20.4 Å². The van der Waals surface area contributed by atoms with Crippen LogP contribution in [0.1, 0.15) is 38.5 Å². The van der Waals surface area contributed by atoms with E-state index in [9.17, 15) is 9.59 Å². The molecule has 4 rings (SSSR count). The second-order valence-corrected chi connectivity index (χ2v) is 8.40. The molecule has 2 N–H and O–H groups in total. The number of nitrogens with one attached hydrogen (secondary N) is 2. The fraction of sp³-hybridized carbons (Fsp3) is 0.895. The standard InChI is InChI=1S/C19H32N4O2/c24-17(22-10-7-20-8-11-22)15-4-3-9-23(13-15)18(25)19-6-2-1-5-16(19)12-21-14-19/h15-16,20-21H,1-14H2/t15?,16-,19+/m0/s1. The number of hydrogen-bond acceptors (Lipinski definition) is 4. The molecule has 0 spiro atoms. The van der Waals surface area contributed by atoms with Gasteiger partial charge in [-0.15, -0.1) is 0 Å². The average Bonchev–Trinajstić information content (AvgIpc) is 3.13. The van der Waals surface area contributed by atoms with E-state index in [0.717, 1.165) is 65.1 Å². The number of piperazine rings is 1. The molecule has 1 unspecified atom stereocenters. The van der Waals surface area contributed by atoms with Crippen LogP contribution in [0.25, 0.3) is 0 Å². The third-order valence-electron chi connectivity index (χ3n) is 6.95. The molecule has 0 aromatic heterocycles. The first-order valence-corrected chi connectivity index (χ1v) is 10.2. The zero-order chi connectivity index (χ0) is 17.3. The van der Waals surface area contributed by atoms with Crippen molar-refractivity contribution in [2.75, 3.05) is 52.4 Å². The maximum atomic E-state index is 13.5. The molecule has 0 aromatic carbocycles. The molecule has 1 aliphatic carbocycles. The predicted octanol–water partition coefficient (Wildman–Crippen LogP) is 0.437. The molecule has 0 bridgehead atoms. The molecule has 140 valence electrons. The Balaban J connectivity index is 1.43. The minimum Gasteiger partial charge on any atom is -0.341 e. The van der Waals surface area contributed by atoms with Crippen molar-refractivity contribution in [3.8, 4) is 0 Å². The second kappa shape index (κ2) is 7.23. The molecule has 2 amide bonds. The van der Waals surface area contributed by atoms with E-state index in [2.05, 4.69) is 10.6 Å². The molecular weight excluding hydrogens is 316 g/mol. The van der Waals surface area contributed by atoms with Crippen LogP contribution in [0.15, 0.2) is 0 Å². The van der Waals surface area contributed by atoms with E-state index in [-0.39, 0.29) is 17.2 Å². The topological polar surface area (TPSA) is 64.7 Å². The van der Waals surface area contributed by atoms with Gasteiger partial charge in [-0.3, -0.25) is 9.59 Å². The first-order chi connectivity index (χ1) is 12.2. The Labute approximate surface area is 150 Å². The monoisotopic (exact) mass is 348 g/mol. The fourth-order valence-corrected chi connectivity index (χ4v) is 5.49. The van der Waals surface area contributed by atoms with Gasteiger partial charge in [0.25, 0.3) is 0 Å². The van der Waals surface area contributed by atoms with E-state index < -0.39 is 0 Å². The van der Waals surface area contributed by atoms with Gasteiger partial charge in [0.15, 0.2) is 0 Å². The number of piperidine rings is 1. The first kappa shape index (κ1) is 17.3. The second-order valence-electron chi connectivity index (χ2n) is 8.40. The van der Waals surface area contributed by atoms with Crippen LogP contribution in [0, 0.1) is 17.3 Å². The highest BCUT2D eigenvalue weighted by Gasteiger charge is 2.52. The van der Waals surface area contributed by atoms with Crippen LogP contribution >= 0.6 is 0 Å². The quantitative estimate of drug-likeness (QED) is 0.760. The lowest BCUT2D eigenvalue weighted by Crippen LogP contribution is -2.55. The van der Waals surface area contributed by atoms with E-state index in [4.69, 9.17) is 0 Å². The predicted molar refractivity (Wildman–Crippen MR) is 96.0 cm³/mol. The molecule has 25 heavy (non-hydrogen) atoms. The first-order valence-electron chi connectivity index (χ1n) is 10.2. The molecule has 4 fully saturated rings. The summed E-state index contributed by atoms with van der Waals surface area (Å²) in [5.41, 5.74) is -0.182. The van der Waals surface area contributed by atoms with Gasteiger partial charge in [0.05, 0.1) is 11.3 Å². The van der Waals surface area contributed by atoms with Crippen LogP contribution in [0.3, 0.4) is 0 Å². The Morgan fingerprint density at radius 3 is 2.60 bits per heavy atom. The smallest absolute Gasteiger partial charge is 0.230 e. The summed E-state index contributed by atoms with van der Waals surface area (Å²) in [7, 11) is 0. The molecule has 0 radical (unpaired) electrons. The third kappa shape index (κ3) is 3.19. The van der Waals surface area contributed by atoms with Gasteiger partial charge in [-0.25, -0.2) is 0 Å². The van der Waals surface area contributed by atoms with E-state index in [0.29, 0.717) is 18.4 Å². The number of carbonyl (C=O) groups excluding carboxylic acids is 2. The maximum absolute atomic E-state index is 13.5. The zero-order valence-corrected chi connectivity index (χ0v) is 15.3. The summed E-state index contributed by atoms with van der Waals surface area (Å²) in [6, 6.07) is 0. The van der Waals surface area contributed by atoms with Gasteiger partial charge >= 0.3 is 0 Å². The fourth-order valence-electron chi connectivity index (χ4n) is 5.49. The summed E-state index contributed by atoms with van der Waals surface area (Å²) in [4.78, 5) is 30.4. The van der Waals surface area contributed by atoms with Crippen LogP contribution in [0.5, 0.6) is 0 Å². The third-order valence-corrected chi connectivity index (χ3v) is 6.95. The summed E-state index contributed by atoms with van der Waals surface area (Å²) in [5, 5.41) is 6.78. The normalized spacial score (nSPS) is 36.2.